The van der Waals surface area contributed by atoms with E-state index in [-0.39, 0.29) is 23.0 Å². The molecule has 11 heteroatoms. The van der Waals surface area contributed by atoms with Gasteiger partial charge in [-0.1, -0.05) is 54.1 Å². The molecule has 202 valence electrons. The Labute approximate surface area is 218 Å². The molecule has 0 aliphatic carbocycles. The summed E-state index contributed by atoms with van der Waals surface area (Å²) in [5, 5.41) is 0. The molecule has 0 spiro atoms. The Bertz CT molecular complexity index is 1130. The predicted molar refractivity (Wildman–Crippen MR) is 135 cm³/mol. The van der Waals surface area contributed by atoms with Gasteiger partial charge in [-0.05, 0) is 50.2 Å². The summed E-state index contributed by atoms with van der Waals surface area (Å²) < 4.78 is 68.4. The summed E-state index contributed by atoms with van der Waals surface area (Å²) in [6.45, 7) is 5.75. The van der Waals surface area contributed by atoms with Crippen molar-refractivity contribution >= 4 is 27.0 Å². The lowest BCUT2D eigenvalue weighted by atomic mass is 10.2. The standard InChI is InChI=1S/C19H17S.C6H12O3.CHF3O3S/c1-16-12-14-19(15-13-16)20(17-8-4-2-5-9-17)18-10-6-3-7-11-18;1-5(4-8-3)9-6(2)7;2-1(3,4)8(5,6)7/h2-15H,1H3;5H,4H2,1-3H3;(H,5,6,7)/q+1;;/p-1. The molecule has 3 aromatic carbocycles. The van der Waals surface area contributed by atoms with Gasteiger partial charge in [0, 0.05) is 14.0 Å². The zero-order chi connectivity index (χ0) is 28.1. The molecule has 0 N–H and O–H groups in total. The maximum Gasteiger partial charge on any atom is 0.485 e. The number of methoxy groups -OCH3 is 1. The van der Waals surface area contributed by atoms with Gasteiger partial charge < -0.3 is 14.0 Å². The number of carbonyl (C=O) groups excluding carboxylic acids is 1. The molecule has 1 unspecified atom stereocenters. The second-order valence-corrected chi connectivity index (χ2v) is 10.9. The van der Waals surface area contributed by atoms with E-state index < -0.39 is 15.6 Å². The van der Waals surface area contributed by atoms with Crippen molar-refractivity contribution in [3.63, 3.8) is 0 Å². The highest BCUT2D eigenvalue weighted by Crippen LogP contribution is 2.30. The highest BCUT2D eigenvalue weighted by atomic mass is 32.2. The lowest BCUT2D eigenvalue weighted by molar-refractivity contribution is -0.147. The van der Waals surface area contributed by atoms with Gasteiger partial charge in [0.05, 0.1) is 17.5 Å². The molecule has 0 aliphatic heterocycles. The number of hydrogen-bond acceptors (Lipinski definition) is 6. The van der Waals surface area contributed by atoms with Crippen LogP contribution in [0.4, 0.5) is 13.2 Å². The molecule has 0 aromatic heterocycles. The molecule has 0 bridgehead atoms. The van der Waals surface area contributed by atoms with Crippen LogP contribution in [-0.2, 0) is 35.3 Å². The molecule has 0 saturated carbocycles. The van der Waals surface area contributed by atoms with Crippen LogP contribution in [0.5, 0.6) is 0 Å². The van der Waals surface area contributed by atoms with E-state index in [9.17, 15) is 18.0 Å². The number of hydrogen-bond donors (Lipinski definition) is 0. The first-order chi connectivity index (χ1) is 17.3. The van der Waals surface area contributed by atoms with Crippen molar-refractivity contribution in [2.75, 3.05) is 13.7 Å². The van der Waals surface area contributed by atoms with Crippen molar-refractivity contribution in [3.05, 3.63) is 90.5 Å². The summed E-state index contributed by atoms with van der Waals surface area (Å²) in [4.78, 5) is 14.3. The van der Waals surface area contributed by atoms with Gasteiger partial charge in [-0.25, -0.2) is 8.42 Å². The number of halogens is 3. The largest absolute Gasteiger partial charge is 0.741 e. The number of carbonyl (C=O) groups is 1. The molecular weight excluding hydrogens is 529 g/mol. The topological polar surface area (TPSA) is 92.7 Å². The minimum absolute atomic E-state index is 0.0229. The van der Waals surface area contributed by atoms with E-state index in [0.717, 1.165) is 0 Å². The number of benzene rings is 3. The highest BCUT2D eigenvalue weighted by Gasteiger charge is 2.37. The van der Waals surface area contributed by atoms with Crippen LogP contribution in [0.1, 0.15) is 19.4 Å². The Balaban J connectivity index is 0.000000337. The summed E-state index contributed by atoms with van der Waals surface area (Å²) in [5.41, 5.74) is -4.34. The van der Waals surface area contributed by atoms with E-state index >= 15 is 0 Å². The first-order valence-corrected chi connectivity index (χ1v) is 13.5. The SMILES string of the molecule is COCC(C)OC(C)=O.Cc1ccc([S+](c2ccccc2)c2ccccc2)cc1.O=S(=O)([O-])C(F)(F)F. The Morgan fingerprint density at radius 2 is 1.27 bits per heavy atom. The zero-order valence-electron chi connectivity index (χ0n) is 20.8. The van der Waals surface area contributed by atoms with Gasteiger partial charge in [0.1, 0.15) is 6.10 Å². The number of rotatable bonds is 6. The minimum atomic E-state index is -6.09. The first-order valence-electron chi connectivity index (χ1n) is 10.9. The second-order valence-electron chi connectivity index (χ2n) is 7.52. The van der Waals surface area contributed by atoms with Crippen molar-refractivity contribution in [2.24, 2.45) is 0 Å². The summed E-state index contributed by atoms with van der Waals surface area (Å²) >= 11 is 0. The van der Waals surface area contributed by atoms with Gasteiger partial charge in [-0.15, -0.1) is 0 Å². The third-order valence-corrected chi connectivity index (χ3v) is 7.06. The predicted octanol–water partition coefficient (Wildman–Crippen LogP) is 5.73. The van der Waals surface area contributed by atoms with Gasteiger partial charge in [0.25, 0.3) is 0 Å². The van der Waals surface area contributed by atoms with Gasteiger partial charge in [0.15, 0.2) is 24.8 Å². The average Bonchev–Trinajstić information content (AvgIpc) is 2.81. The summed E-state index contributed by atoms with van der Waals surface area (Å²) in [6.07, 6.45) is -0.132. The molecule has 6 nitrogen and oxygen atoms in total. The van der Waals surface area contributed by atoms with E-state index in [1.54, 1.807) is 14.0 Å². The maximum absolute atomic E-state index is 10.7. The van der Waals surface area contributed by atoms with Crippen LogP contribution in [0.3, 0.4) is 0 Å². The molecule has 0 aliphatic rings. The normalized spacial score (nSPS) is 11.9. The smallest absolute Gasteiger partial charge is 0.485 e. The van der Waals surface area contributed by atoms with Crippen LogP contribution < -0.4 is 0 Å². The van der Waals surface area contributed by atoms with E-state index in [0.29, 0.717) is 6.61 Å². The van der Waals surface area contributed by atoms with Crippen molar-refractivity contribution in [2.45, 2.75) is 47.1 Å². The third-order valence-electron chi connectivity index (χ3n) is 4.27. The van der Waals surface area contributed by atoms with E-state index in [1.165, 1.54) is 27.2 Å². The van der Waals surface area contributed by atoms with E-state index in [4.69, 9.17) is 22.4 Å². The van der Waals surface area contributed by atoms with Crippen molar-refractivity contribution in [3.8, 4) is 0 Å². The monoisotopic (exact) mass is 558 g/mol. The lowest BCUT2D eigenvalue weighted by Gasteiger charge is -2.08. The number of alkyl halides is 3. The lowest BCUT2D eigenvalue weighted by Crippen LogP contribution is -2.21. The van der Waals surface area contributed by atoms with Crippen molar-refractivity contribution in [1.82, 2.24) is 0 Å². The van der Waals surface area contributed by atoms with E-state index in [1.807, 2.05) is 0 Å². The van der Waals surface area contributed by atoms with Gasteiger partial charge in [0.2, 0.25) is 0 Å². The molecule has 0 radical (unpaired) electrons. The Hall–Kier alpha value is -2.86. The van der Waals surface area contributed by atoms with Gasteiger partial charge >= 0.3 is 11.5 Å². The van der Waals surface area contributed by atoms with Gasteiger partial charge in [-0.3, -0.25) is 4.79 Å². The van der Waals surface area contributed by atoms with Crippen molar-refractivity contribution < 1.29 is 40.4 Å². The van der Waals surface area contributed by atoms with E-state index in [2.05, 4.69) is 91.9 Å². The quantitative estimate of drug-likeness (QED) is 0.166. The maximum atomic E-state index is 10.7. The highest BCUT2D eigenvalue weighted by molar-refractivity contribution is 7.97. The number of aryl methyl sites for hydroxylation is 1. The van der Waals surface area contributed by atoms with Crippen LogP contribution in [0.2, 0.25) is 0 Å². The first kappa shape index (κ1) is 32.2. The second kappa shape index (κ2) is 15.4. The molecular formula is C26H29F3O6S2. The van der Waals surface area contributed by atoms with Gasteiger partial charge in [-0.2, -0.15) is 13.2 Å². The Morgan fingerprint density at radius 3 is 1.59 bits per heavy atom. The summed E-state index contributed by atoms with van der Waals surface area (Å²) in [5.74, 6) is -0.264. The molecule has 0 saturated heterocycles. The fraction of sp³-hybridized carbons (Fsp3) is 0.269. The van der Waals surface area contributed by atoms with Crippen LogP contribution >= 0.6 is 0 Å². The minimum Gasteiger partial charge on any atom is -0.741 e. The fourth-order valence-electron chi connectivity index (χ4n) is 2.75. The van der Waals surface area contributed by atoms with Crippen LogP contribution in [0, 0.1) is 6.92 Å². The molecule has 0 amide bonds. The molecule has 3 aromatic rings. The summed E-state index contributed by atoms with van der Waals surface area (Å²) in [7, 11) is -4.54. The van der Waals surface area contributed by atoms with Crippen LogP contribution in [-0.4, -0.2) is 44.3 Å². The molecule has 1 atom stereocenters. The van der Waals surface area contributed by atoms with Crippen LogP contribution in [0.25, 0.3) is 0 Å². The summed E-state index contributed by atoms with van der Waals surface area (Å²) in [6, 6.07) is 30.4. The average molecular weight is 559 g/mol. The molecule has 3 rings (SSSR count). The van der Waals surface area contributed by atoms with Crippen LogP contribution in [0.15, 0.2) is 99.6 Å². The Morgan fingerprint density at radius 1 is 0.892 bits per heavy atom. The molecule has 37 heavy (non-hydrogen) atoms. The molecule has 0 heterocycles. The molecule has 0 fully saturated rings. The number of esters is 1. The number of ether oxygens (including phenoxy) is 2. The Kier molecular flexibility index (Phi) is 13.4. The third kappa shape index (κ3) is 12.3. The zero-order valence-corrected chi connectivity index (χ0v) is 22.4. The fourth-order valence-corrected chi connectivity index (χ4v) is 4.83. The van der Waals surface area contributed by atoms with Crippen molar-refractivity contribution in [1.29, 1.82) is 0 Å².